The highest BCUT2D eigenvalue weighted by molar-refractivity contribution is 7.99. The minimum absolute atomic E-state index is 0.174. The zero-order valence-electron chi connectivity index (χ0n) is 17.0. The van der Waals surface area contributed by atoms with Gasteiger partial charge >= 0.3 is 5.97 Å². The van der Waals surface area contributed by atoms with E-state index in [4.69, 9.17) is 4.74 Å². The number of benzene rings is 1. The Morgan fingerprint density at radius 3 is 2.86 bits per heavy atom. The number of carbonyl (C=O) groups is 1. The molecule has 150 valence electrons. The summed E-state index contributed by atoms with van der Waals surface area (Å²) in [6.07, 6.45) is 15.0. The molecule has 1 aromatic carbocycles. The molecule has 1 fully saturated rings. The molecule has 3 heteroatoms. The second-order valence-electron chi connectivity index (χ2n) is 7.92. The third-order valence-corrected chi connectivity index (χ3v) is 7.20. The first kappa shape index (κ1) is 21.0. The smallest absolute Gasteiger partial charge is 0.302 e. The number of esters is 1. The summed E-state index contributed by atoms with van der Waals surface area (Å²) >= 11 is 1.89. The van der Waals surface area contributed by atoms with Crippen LogP contribution >= 0.6 is 11.8 Å². The van der Waals surface area contributed by atoms with Crippen LogP contribution in [0.25, 0.3) is 0 Å². The average molecular weight is 397 g/mol. The molecule has 0 N–H and O–H groups in total. The van der Waals surface area contributed by atoms with Gasteiger partial charge in [-0.3, -0.25) is 4.79 Å². The van der Waals surface area contributed by atoms with E-state index >= 15 is 0 Å². The van der Waals surface area contributed by atoms with Gasteiger partial charge in [0.15, 0.2) is 0 Å². The van der Waals surface area contributed by atoms with Gasteiger partial charge in [-0.15, -0.1) is 11.8 Å². The third kappa shape index (κ3) is 5.20. The van der Waals surface area contributed by atoms with Crippen LogP contribution in [0.15, 0.2) is 71.2 Å². The van der Waals surface area contributed by atoms with Gasteiger partial charge < -0.3 is 4.74 Å². The Morgan fingerprint density at radius 1 is 1.29 bits per heavy atom. The number of hydrogen-bond donors (Lipinski definition) is 0. The van der Waals surface area contributed by atoms with Gasteiger partial charge in [0.25, 0.3) is 0 Å². The van der Waals surface area contributed by atoms with E-state index in [0.29, 0.717) is 17.9 Å². The van der Waals surface area contributed by atoms with Crippen LogP contribution in [0, 0.1) is 11.3 Å². The van der Waals surface area contributed by atoms with E-state index in [9.17, 15) is 4.79 Å². The number of carbonyl (C=O) groups excluding carboxylic acids is 1. The Labute approximate surface area is 174 Å². The van der Waals surface area contributed by atoms with Crippen molar-refractivity contribution in [2.24, 2.45) is 11.3 Å². The molecule has 1 aromatic rings. The topological polar surface area (TPSA) is 26.3 Å². The van der Waals surface area contributed by atoms with Crippen molar-refractivity contribution in [3.8, 4) is 0 Å². The molecule has 0 radical (unpaired) electrons. The van der Waals surface area contributed by atoms with Gasteiger partial charge in [-0.1, -0.05) is 48.6 Å². The molecule has 0 saturated heterocycles. The Morgan fingerprint density at radius 2 is 2.11 bits per heavy atom. The summed E-state index contributed by atoms with van der Waals surface area (Å²) in [7, 11) is 0. The minimum Gasteiger partial charge on any atom is -0.466 e. The lowest BCUT2D eigenvalue weighted by molar-refractivity contribution is -0.141. The van der Waals surface area contributed by atoms with Gasteiger partial charge in [0.05, 0.1) is 6.61 Å². The maximum Gasteiger partial charge on any atom is 0.302 e. The minimum atomic E-state index is -0.174. The van der Waals surface area contributed by atoms with Crippen LogP contribution in [0.1, 0.15) is 51.9 Å². The molecule has 0 aromatic heterocycles. The number of thioether (sulfide) groups is 1. The lowest BCUT2D eigenvalue weighted by Crippen LogP contribution is -2.17. The highest BCUT2D eigenvalue weighted by Gasteiger charge is 2.47. The summed E-state index contributed by atoms with van der Waals surface area (Å²) in [5.74, 6) is 1.42. The lowest BCUT2D eigenvalue weighted by Gasteiger charge is -2.28. The van der Waals surface area contributed by atoms with Crippen LogP contribution in [0.5, 0.6) is 0 Å². The predicted molar refractivity (Wildman–Crippen MR) is 118 cm³/mol. The molecule has 0 spiro atoms. The van der Waals surface area contributed by atoms with E-state index in [0.717, 1.165) is 25.0 Å². The van der Waals surface area contributed by atoms with Gasteiger partial charge in [-0.2, -0.15) is 0 Å². The predicted octanol–water partition coefficient (Wildman–Crippen LogP) is 6.74. The van der Waals surface area contributed by atoms with Gasteiger partial charge in [0.2, 0.25) is 0 Å². The quantitative estimate of drug-likeness (QED) is 0.249. The fourth-order valence-electron chi connectivity index (χ4n) is 4.97. The molecule has 28 heavy (non-hydrogen) atoms. The molecule has 1 saturated carbocycles. The first-order valence-corrected chi connectivity index (χ1v) is 11.5. The van der Waals surface area contributed by atoms with Crippen LogP contribution in [0.2, 0.25) is 0 Å². The molecule has 0 aliphatic heterocycles. The van der Waals surface area contributed by atoms with Crippen molar-refractivity contribution >= 4 is 17.7 Å². The van der Waals surface area contributed by atoms with Crippen molar-refractivity contribution in [3.05, 3.63) is 66.3 Å². The van der Waals surface area contributed by atoms with Crippen molar-refractivity contribution < 1.29 is 9.53 Å². The SMILES string of the molecule is C=CC1=C2[C@H](CCOC(C)=O)CC[C@@]2(CC/C=C/CSc2ccccc2)CC1. The maximum absolute atomic E-state index is 11.1. The van der Waals surface area contributed by atoms with Crippen molar-refractivity contribution in [2.45, 2.75) is 56.8 Å². The molecule has 2 aliphatic carbocycles. The molecular formula is C25H32O2S. The first-order chi connectivity index (χ1) is 13.6. The summed E-state index contributed by atoms with van der Waals surface area (Å²) in [6, 6.07) is 10.6. The van der Waals surface area contributed by atoms with E-state index < -0.39 is 0 Å². The van der Waals surface area contributed by atoms with Gasteiger partial charge in [0, 0.05) is 17.6 Å². The van der Waals surface area contributed by atoms with E-state index in [-0.39, 0.29) is 5.97 Å². The second-order valence-corrected chi connectivity index (χ2v) is 9.02. The Balaban J connectivity index is 1.52. The van der Waals surface area contributed by atoms with Gasteiger partial charge in [0.1, 0.15) is 0 Å². The van der Waals surface area contributed by atoms with Crippen LogP contribution < -0.4 is 0 Å². The van der Waals surface area contributed by atoms with Crippen molar-refractivity contribution in [1.29, 1.82) is 0 Å². The Kier molecular flexibility index (Phi) is 7.61. The largest absolute Gasteiger partial charge is 0.466 e. The third-order valence-electron chi connectivity index (χ3n) is 6.23. The maximum atomic E-state index is 11.1. The summed E-state index contributed by atoms with van der Waals surface area (Å²) in [5.41, 5.74) is 3.47. The van der Waals surface area contributed by atoms with Crippen molar-refractivity contribution in [3.63, 3.8) is 0 Å². The molecule has 0 unspecified atom stereocenters. The molecule has 0 heterocycles. The van der Waals surface area contributed by atoms with Crippen LogP contribution in [-0.2, 0) is 9.53 Å². The zero-order chi connectivity index (χ0) is 19.8. The Bertz CT molecular complexity index is 734. The van der Waals surface area contributed by atoms with Crippen LogP contribution in [-0.4, -0.2) is 18.3 Å². The number of rotatable bonds is 10. The molecular weight excluding hydrogens is 364 g/mol. The fourth-order valence-corrected chi connectivity index (χ4v) is 5.74. The van der Waals surface area contributed by atoms with E-state index in [1.807, 2.05) is 11.8 Å². The normalized spacial score (nSPS) is 24.0. The number of fused-ring (bicyclic) bond motifs is 1. The highest BCUT2D eigenvalue weighted by Crippen LogP contribution is 2.59. The van der Waals surface area contributed by atoms with E-state index in [1.54, 1.807) is 5.57 Å². The highest BCUT2D eigenvalue weighted by atomic mass is 32.2. The standard InChI is InChI=1S/C25H32O2S/c1-3-21-12-16-25(17-13-22(24(21)25)14-18-27-20(2)26)15-8-5-9-19-28-23-10-6-4-7-11-23/h3-7,9-11,22H,1,8,12-19H2,2H3/b9-5+/t22-,25+/m0/s1. The molecule has 2 nitrogen and oxygen atoms in total. The molecule has 0 amide bonds. The number of hydrogen-bond acceptors (Lipinski definition) is 3. The first-order valence-electron chi connectivity index (χ1n) is 10.5. The summed E-state index contributed by atoms with van der Waals surface area (Å²) in [6.45, 7) is 6.10. The number of allylic oxidation sites excluding steroid dienone is 4. The average Bonchev–Trinajstić information content (AvgIpc) is 3.23. The van der Waals surface area contributed by atoms with Crippen molar-refractivity contribution in [2.75, 3.05) is 12.4 Å². The molecule has 2 atom stereocenters. The number of ether oxygens (including phenoxy) is 1. The monoisotopic (exact) mass is 396 g/mol. The summed E-state index contributed by atoms with van der Waals surface area (Å²) < 4.78 is 5.22. The zero-order valence-corrected chi connectivity index (χ0v) is 17.8. The van der Waals surface area contributed by atoms with Crippen molar-refractivity contribution in [1.82, 2.24) is 0 Å². The molecule has 0 bridgehead atoms. The van der Waals surface area contributed by atoms with Crippen LogP contribution in [0.3, 0.4) is 0 Å². The summed E-state index contributed by atoms with van der Waals surface area (Å²) in [4.78, 5) is 12.4. The van der Waals surface area contributed by atoms with Crippen LogP contribution in [0.4, 0.5) is 0 Å². The van der Waals surface area contributed by atoms with E-state index in [1.165, 1.54) is 43.1 Å². The van der Waals surface area contributed by atoms with Gasteiger partial charge in [-0.25, -0.2) is 0 Å². The lowest BCUT2D eigenvalue weighted by atomic mass is 9.77. The Hall–Kier alpha value is -1.74. The summed E-state index contributed by atoms with van der Waals surface area (Å²) in [5, 5.41) is 0. The second kappa shape index (κ2) is 10.2. The molecule has 2 aliphatic rings. The fraction of sp³-hybridized carbons (Fsp3) is 0.480. The molecule has 3 rings (SSSR count). The van der Waals surface area contributed by atoms with Gasteiger partial charge in [-0.05, 0) is 74.0 Å². The van der Waals surface area contributed by atoms with E-state index in [2.05, 4.69) is 55.1 Å².